The molecule has 18 heteroatoms. The molecule has 0 aromatic heterocycles. The van der Waals surface area contributed by atoms with E-state index in [-0.39, 0.29) is 63.7 Å². The van der Waals surface area contributed by atoms with E-state index in [1.807, 2.05) is 30.3 Å². The maximum Gasteiger partial charge on any atom is 0.407 e. The van der Waals surface area contributed by atoms with Crippen molar-refractivity contribution in [2.45, 2.75) is 88.6 Å². The minimum Gasteiger partial charge on any atom is -0.445 e. The lowest BCUT2D eigenvalue weighted by molar-refractivity contribution is -0.136. The Morgan fingerprint density at radius 3 is 1.91 bits per heavy atom. The lowest BCUT2D eigenvalue weighted by atomic mass is 9.91. The first kappa shape index (κ1) is 44.5. The van der Waals surface area contributed by atoms with Gasteiger partial charge in [-0.15, -0.1) is 0 Å². The molecule has 18 nitrogen and oxygen atoms in total. The second-order valence-corrected chi connectivity index (χ2v) is 13.5. The molecule has 2 aromatic rings. The lowest BCUT2D eigenvalue weighted by Gasteiger charge is -2.29. The summed E-state index contributed by atoms with van der Waals surface area (Å²) < 4.78 is 15.8. The van der Waals surface area contributed by atoms with Crippen LogP contribution in [-0.4, -0.2) is 92.3 Å². The van der Waals surface area contributed by atoms with Crippen LogP contribution in [0.5, 0.6) is 0 Å². The largest absolute Gasteiger partial charge is 0.445 e. The molecule has 1 aliphatic heterocycles. The molecule has 4 atom stereocenters. The summed E-state index contributed by atoms with van der Waals surface area (Å²) in [6.45, 7) is 1.55. The topological polar surface area (TPSA) is 292 Å². The first-order chi connectivity index (χ1) is 26.9. The quantitative estimate of drug-likeness (QED) is 0.0432. The Morgan fingerprint density at radius 1 is 0.714 bits per heavy atom. The molecule has 1 saturated heterocycles. The van der Waals surface area contributed by atoms with E-state index < -0.39 is 60.0 Å². The second kappa shape index (κ2) is 24.5. The minimum atomic E-state index is -1.37. The number of guanidine groups is 1. The van der Waals surface area contributed by atoms with Crippen molar-refractivity contribution in [2.75, 3.05) is 26.3 Å². The summed E-state index contributed by atoms with van der Waals surface area (Å²) in [7, 11) is 0. The molecule has 1 aliphatic rings. The smallest absolute Gasteiger partial charge is 0.407 e. The van der Waals surface area contributed by atoms with Crippen molar-refractivity contribution in [1.82, 2.24) is 26.6 Å². The maximum absolute atomic E-state index is 13.9. The average Bonchev–Trinajstić information content (AvgIpc) is 3.17. The predicted molar refractivity (Wildman–Crippen MR) is 205 cm³/mol. The lowest BCUT2D eigenvalue weighted by Crippen LogP contribution is -2.57. The minimum absolute atomic E-state index is 0.00609. The molecule has 2 aromatic carbocycles. The normalized spacial score (nSPS) is 14.8. The van der Waals surface area contributed by atoms with Crippen molar-refractivity contribution in [1.29, 1.82) is 5.41 Å². The van der Waals surface area contributed by atoms with E-state index in [4.69, 9.17) is 36.8 Å². The van der Waals surface area contributed by atoms with Gasteiger partial charge < -0.3 is 58.0 Å². The summed E-state index contributed by atoms with van der Waals surface area (Å²) in [6, 6.07) is 14.6. The van der Waals surface area contributed by atoms with E-state index in [1.54, 1.807) is 30.3 Å². The van der Waals surface area contributed by atoms with Crippen molar-refractivity contribution in [3.63, 3.8) is 0 Å². The monoisotopic (exact) mass is 781 g/mol. The van der Waals surface area contributed by atoms with Crippen molar-refractivity contribution in [3.8, 4) is 0 Å². The molecular formula is C38H55N9O9. The number of rotatable bonds is 23. The number of unbranched alkanes of at least 4 members (excludes halogenated alkanes) is 1. The fourth-order valence-corrected chi connectivity index (χ4v) is 6.03. The van der Waals surface area contributed by atoms with Crippen LogP contribution in [0.3, 0.4) is 0 Å². The van der Waals surface area contributed by atoms with Crippen LogP contribution >= 0.6 is 0 Å². The van der Waals surface area contributed by atoms with Gasteiger partial charge >= 0.3 is 12.2 Å². The third kappa shape index (κ3) is 17.5. The molecule has 0 saturated carbocycles. The van der Waals surface area contributed by atoms with Gasteiger partial charge in [0.05, 0.1) is 0 Å². The number of benzene rings is 2. The van der Waals surface area contributed by atoms with E-state index in [0.717, 1.165) is 5.56 Å². The highest BCUT2D eigenvalue weighted by Crippen LogP contribution is 2.21. The average molecular weight is 782 g/mol. The molecule has 6 amide bonds. The highest BCUT2D eigenvalue weighted by Gasteiger charge is 2.33. The van der Waals surface area contributed by atoms with Gasteiger partial charge in [-0.1, -0.05) is 60.7 Å². The first-order valence-corrected chi connectivity index (χ1v) is 18.7. The zero-order valence-electron chi connectivity index (χ0n) is 31.5. The van der Waals surface area contributed by atoms with Crippen molar-refractivity contribution >= 4 is 41.8 Å². The zero-order chi connectivity index (χ0) is 40.7. The highest BCUT2D eigenvalue weighted by atomic mass is 16.6. The van der Waals surface area contributed by atoms with Gasteiger partial charge in [0.25, 0.3) is 5.91 Å². The van der Waals surface area contributed by atoms with Crippen LogP contribution in [0.4, 0.5) is 9.59 Å². The van der Waals surface area contributed by atoms with E-state index in [2.05, 4.69) is 26.6 Å². The van der Waals surface area contributed by atoms with E-state index >= 15 is 0 Å². The number of alkyl carbamates (subject to hydrolysis) is 1. The van der Waals surface area contributed by atoms with Gasteiger partial charge in [-0.3, -0.25) is 24.6 Å². The van der Waals surface area contributed by atoms with Gasteiger partial charge in [-0.25, -0.2) is 9.59 Å². The number of hydrogen-bond acceptors (Lipinski definition) is 10. The molecule has 4 unspecified atom stereocenters. The molecular weight excluding hydrogens is 726 g/mol. The number of carbonyl (C=O) groups is 6. The Labute approximate surface area is 326 Å². The molecule has 0 aliphatic carbocycles. The van der Waals surface area contributed by atoms with Crippen molar-refractivity contribution in [2.24, 2.45) is 23.1 Å². The molecule has 0 spiro atoms. The first-order valence-electron chi connectivity index (χ1n) is 18.7. The predicted octanol–water partition coefficient (Wildman–Crippen LogP) is 0.809. The van der Waals surface area contributed by atoms with Crippen LogP contribution in [0.25, 0.3) is 0 Å². The van der Waals surface area contributed by atoms with Crippen LogP contribution in [0.15, 0.2) is 60.7 Å². The molecule has 3 rings (SSSR count). The number of carbonyl (C=O) groups excluding carboxylic acids is 6. The maximum atomic E-state index is 13.9. The fourth-order valence-electron chi connectivity index (χ4n) is 6.03. The molecule has 12 N–H and O–H groups in total. The number of nitrogens with one attached hydrogen (secondary N) is 6. The van der Waals surface area contributed by atoms with Gasteiger partial charge in [0.15, 0.2) is 12.1 Å². The summed E-state index contributed by atoms with van der Waals surface area (Å²) in [5, 5.41) is 20.8. The molecule has 306 valence electrons. The van der Waals surface area contributed by atoms with Crippen LogP contribution in [0, 0.1) is 11.3 Å². The van der Waals surface area contributed by atoms with E-state index in [0.29, 0.717) is 44.5 Å². The standard InChI is InChI=1S/C38H55N9O9/c39-32(48)28(14-7-8-18-44-38(53)55-24-27-12-5-2-6-13-27)45-34(50)30(22-26-16-20-54-21-17-26)47-33(49)29(15-9-19-43-36(40)41)46-35(51)31(56-37(42)52)23-25-10-3-1-4-11-25/h1-6,10-13,26,28-31H,7-9,14-24H2,(H2,39,48)(H2,42,52)(H,44,53)(H,45,50)(H,46,51)(H,47,49)(H4,40,41,43). The van der Waals surface area contributed by atoms with Gasteiger partial charge in [0.2, 0.25) is 17.7 Å². The Morgan fingerprint density at radius 2 is 1.29 bits per heavy atom. The van der Waals surface area contributed by atoms with Gasteiger partial charge in [-0.05, 0) is 68.4 Å². The summed E-state index contributed by atoms with van der Waals surface area (Å²) in [5.74, 6) is -3.17. The van der Waals surface area contributed by atoms with Crippen LogP contribution < -0.4 is 43.8 Å². The molecule has 1 fully saturated rings. The number of amides is 6. The van der Waals surface area contributed by atoms with Gasteiger partial charge in [0, 0.05) is 32.7 Å². The second-order valence-electron chi connectivity index (χ2n) is 13.5. The Hall–Kier alpha value is -5.91. The number of primary amides is 2. The van der Waals surface area contributed by atoms with Crippen LogP contribution in [0.2, 0.25) is 0 Å². The number of hydrogen-bond donors (Lipinski definition) is 9. The van der Waals surface area contributed by atoms with Gasteiger partial charge in [-0.2, -0.15) is 0 Å². The number of nitrogens with two attached hydrogens (primary N) is 3. The summed E-state index contributed by atoms with van der Waals surface area (Å²) >= 11 is 0. The summed E-state index contributed by atoms with van der Waals surface area (Å²) in [5.41, 5.74) is 17.9. The zero-order valence-corrected chi connectivity index (χ0v) is 31.5. The summed E-state index contributed by atoms with van der Waals surface area (Å²) in [4.78, 5) is 77.5. The van der Waals surface area contributed by atoms with Crippen LogP contribution in [0.1, 0.15) is 62.5 Å². The SMILES string of the molecule is N=C(N)NCCCC(NC(=O)C(Cc1ccccc1)OC(N)=O)C(=O)NC(CC1CCOCC1)C(=O)NC(CCCCNC(=O)OCc1ccccc1)C(N)=O. The molecule has 0 radical (unpaired) electrons. The fraction of sp³-hybridized carbons (Fsp3) is 0.500. The Bertz CT molecular complexity index is 1580. The van der Waals surface area contributed by atoms with Gasteiger partial charge in [0.1, 0.15) is 24.7 Å². The highest BCUT2D eigenvalue weighted by molar-refractivity contribution is 5.94. The van der Waals surface area contributed by atoms with Crippen molar-refractivity contribution in [3.05, 3.63) is 71.8 Å². The third-order valence-electron chi connectivity index (χ3n) is 9.04. The van der Waals surface area contributed by atoms with E-state index in [1.165, 1.54) is 0 Å². The molecule has 1 heterocycles. The Kier molecular flexibility index (Phi) is 19.5. The van der Waals surface area contributed by atoms with E-state index in [9.17, 15) is 28.8 Å². The molecule has 56 heavy (non-hydrogen) atoms. The third-order valence-corrected chi connectivity index (χ3v) is 9.04. The Balaban J connectivity index is 1.67. The summed E-state index contributed by atoms with van der Waals surface area (Å²) in [6.07, 6.45) is -0.268. The van der Waals surface area contributed by atoms with Crippen molar-refractivity contribution < 1.29 is 43.0 Å². The molecule has 0 bridgehead atoms. The number of ether oxygens (including phenoxy) is 3. The van der Waals surface area contributed by atoms with Crippen LogP contribution in [-0.2, 0) is 46.4 Å².